The Morgan fingerprint density at radius 2 is 2.12 bits per heavy atom. The van der Waals surface area contributed by atoms with Gasteiger partial charge in [0.25, 0.3) is 5.56 Å². The van der Waals surface area contributed by atoms with Gasteiger partial charge in [-0.1, -0.05) is 29.8 Å². The maximum atomic E-state index is 12.7. The van der Waals surface area contributed by atoms with Crippen LogP contribution >= 0.6 is 11.3 Å². The van der Waals surface area contributed by atoms with Crippen molar-refractivity contribution in [2.75, 3.05) is 18.0 Å². The Morgan fingerprint density at radius 3 is 2.88 bits per heavy atom. The van der Waals surface area contributed by atoms with Gasteiger partial charge in [-0.25, -0.2) is 4.98 Å². The van der Waals surface area contributed by atoms with E-state index >= 15 is 0 Å². The molecule has 8 heteroatoms. The first-order chi connectivity index (χ1) is 15.6. The molecule has 1 aliphatic rings. The van der Waals surface area contributed by atoms with E-state index in [-0.39, 0.29) is 17.4 Å². The van der Waals surface area contributed by atoms with E-state index in [4.69, 9.17) is 9.40 Å². The van der Waals surface area contributed by atoms with E-state index in [1.165, 1.54) is 16.9 Å². The molecule has 0 bridgehead atoms. The van der Waals surface area contributed by atoms with E-state index in [1.54, 1.807) is 6.26 Å². The maximum absolute atomic E-state index is 12.7. The van der Waals surface area contributed by atoms with E-state index in [1.807, 2.05) is 29.6 Å². The van der Waals surface area contributed by atoms with Gasteiger partial charge in [-0.05, 0) is 37.5 Å². The molecule has 0 unspecified atom stereocenters. The van der Waals surface area contributed by atoms with Gasteiger partial charge >= 0.3 is 0 Å². The summed E-state index contributed by atoms with van der Waals surface area (Å²) in [5.74, 6) is 1.30. The quantitative estimate of drug-likeness (QED) is 0.480. The first-order valence-corrected chi connectivity index (χ1v) is 11.6. The van der Waals surface area contributed by atoms with Crippen molar-refractivity contribution in [1.29, 1.82) is 0 Å². The van der Waals surface area contributed by atoms with Crippen LogP contribution in [0.5, 0.6) is 0 Å². The molecule has 164 valence electrons. The van der Waals surface area contributed by atoms with Crippen molar-refractivity contribution in [1.82, 2.24) is 15.3 Å². The maximum Gasteiger partial charge on any atom is 0.270 e. The fourth-order valence-corrected chi connectivity index (χ4v) is 5.08. The number of aromatic nitrogens is 2. The van der Waals surface area contributed by atoms with Gasteiger partial charge in [0.2, 0.25) is 11.9 Å². The molecular formula is C24H24N4O3S. The number of nitrogens with one attached hydrogen (secondary N) is 2. The third-order valence-corrected chi connectivity index (χ3v) is 6.89. The number of nitrogens with zero attached hydrogens (tertiary/aromatic N) is 2. The van der Waals surface area contributed by atoms with Crippen LogP contribution in [0.1, 0.15) is 24.2 Å². The number of benzene rings is 1. The van der Waals surface area contributed by atoms with Crippen LogP contribution in [-0.2, 0) is 11.3 Å². The Kier molecular flexibility index (Phi) is 5.53. The SMILES string of the molecule is Cc1cccc(-c2csc3c(=O)[nH]c(N4CCC(C(=O)NCc5ccco5)CC4)nc23)c1. The van der Waals surface area contributed by atoms with Crippen LogP contribution in [-0.4, -0.2) is 29.0 Å². The molecular weight excluding hydrogens is 424 g/mol. The van der Waals surface area contributed by atoms with E-state index in [9.17, 15) is 9.59 Å². The van der Waals surface area contributed by atoms with Gasteiger partial charge in [-0.2, -0.15) is 0 Å². The molecule has 3 aromatic heterocycles. The first-order valence-electron chi connectivity index (χ1n) is 10.7. The summed E-state index contributed by atoms with van der Waals surface area (Å²) in [7, 11) is 0. The van der Waals surface area contributed by atoms with E-state index in [0.717, 1.165) is 22.4 Å². The molecule has 0 spiro atoms. The van der Waals surface area contributed by atoms with Crippen molar-refractivity contribution in [3.63, 3.8) is 0 Å². The number of furan rings is 1. The molecule has 0 radical (unpaired) electrons. The number of carbonyl (C=O) groups is 1. The van der Waals surface area contributed by atoms with Crippen molar-refractivity contribution in [3.8, 4) is 11.1 Å². The van der Waals surface area contributed by atoms with Crippen LogP contribution in [0.3, 0.4) is 0 Å². The number of thiophene rings is 1. The molecule has 32 heavy (non-hydrogen) atoms. The van der Waals surface area contributed by atoms with Gasteiger partial charge in [0.15, 0.2) is 0 Å². The second-order valence-electron chi connectivity index (χ2n) is 8.14. The van der Waals surface area contributed by atoms with Gasteiger partial charge in [0, 0.05) is 30.0 Å². The smallest absolute Gasteiger partial charge is 0.270 e. The van der Waals surface area contributed by atoms with Crippen molar-refractivity contribution < 1.29 is 9.21 Å². The number of hydrogen-bond donors (Lipinski definition) is 2. The zero-order valence-electron chi connectivity index (χ0n) is 17.8. The minimum atomic E-state index is -0.118. The van der Waals surface area contributed by atoms with E-state index in [2.05, 4.69) is 34.3 Å². The summed E-state index contributed by atoms with van der Waals surface area (Å²) in [6.07, 6.45) is 3.02. The number of piperidine rings is 1. The highest BCUT2D eigenvalue weighted by molar-refractivity contribution is 7.17. The minimum absolute atomic E-state index is 0.0394. The second-order valence-corrected chi connectivity index (χ2v) is 9.02. The van der Waals surface area contributed by atoms with E-state index in [0.29, 0.717) is 43.1 Å². The normalized spacial score (nSPS) is 14.7. The monoisotopic (exact) mass is 448 g/mol. The lowest BCUT2D eigenvalue weighted by Crippen LogP contribution is -2.41. The Morgan fingerprint density at radius 1 is 1.28 bits per heavy atom. The van der Waals surface area contributed by atoms with Crippen LogP contribution in [0.25, 0.3) is 21.3 Å². The fourth-order valence-electron chi connectivity index (χ4n) is 4.17. The molecule has 5 rings (SSSR count). The third kappa shape index (κ3) is 4.05. The fraction of sp³-hybridized carbons (Fsp3) is 0.292. The molecule has 4 aromatic rings. The Labute approximate surface area is 189 Å². The predicted octanol–water partition coefficient (Wildman–Crippen LogP) is 4.09. The van der Waals surface area contributed by atoms with Crippen molar-refractivity contribution in [2.45, 2.75) is 26.3 Å². The molecule has 1 aromatic carbocycles. The van der Waals surface area contributed by atoms with Crippen LogP contribution in [0, 0.1) is 12.8 Å². The number of aryl methyl sites for hydroxylation is 1. The molecule has 2 N–H and O–H groups in total. The largest absolute Gasteiger partial charge is 0.467 e. The van der Waals surface area contributed by atoms with Crippen molar-refractivity contribution in [3.05, 3.63) is 69.7 Å². The van der Waals surface area contributed by atoms with E-state index < -0.39 is 0 Å². The lowest BCUT2D eigenvalue weighted by molar-refractivity contribution is -0.125. The number of carbonyl (C=O) groups excluding carboxylic acids is 1. The molecule has 4 heterocycles. The van der Waals surface area contributed by atoms with Crippen LogP contribution in [0.15, 0.2) is 57.3 Å². The minimum Gasteiger partial charge on any atom is -0.467 e. The summed E-state index contributed by atoms with van der Waals surface area (Å²) in [5.41, 5.74) is 3.82. The molecule has 0 aliphatic carbocycles. The number of rotatable bonds is 5. The molecule has 7 nitrogen and oxygen atoms in total. The summed E-state index contributed by atoms with van der Waals surface area (Å²) < 4.78 is 5.91. The topological polar surface area (TPSA) is 91.2 Å². The van der Waals surface area contributed by atoms with Gasteiger partial charge in [-0.15, -0.1) is 11.3 Å². The second kappa shape index (κ2) is 8.63. The number of aromatic amines is 1. The van der Waals surface area contributed by atoms with Crippen molar-refractivity contribution >= 4 is 33.4 Å². The average molecular weight is 449 g/mol. The molecule has 1 fully saturated rings. The Bertz CT molecular complexity index is 1300. The lowest BCUT2D eigenvalue weighted by atomic mass is 9.96. The highest BCUT2D eigenvalue weighted by atomic mass is 32.1. The van der Waals surface area contributed by atoms with Gasteiger partial charge in [0.1, 0.15) is 10.5 Å². The molecule has 1 saturated heterocycles. The summed E-state index contributed by atoms with van der Waals surface area (Å²) >= 11 is 1.42. The van der Waals surface area contributed by atoms with Gasteiger partial charge in [0.05, 0.1) is 18.3 Å². The number of hydrogen-bond acceptors (Lipinski definition) is 6. The predicted molar refractivity (Wildman–Crippen MR) is 126 cm³/mol. The zero-order valence-corrected chi connectivity index (χ0v) is 18.6. The van der Waals surface area contributed by atoms with Crippen LogP contribution in [0.4, 0.5) is 5.95 Å². The number of amides is 1. The molecule has 1 aliphatic heterocycles. The number of anilines is 1. The summed E-state index contributed by atoms with van der Waals surface area (Å²) in [5, 5.41) is 4.95. The standard InChI is InChI=1S/C24H24N4O3S/c1-15-4-2-5-17(12-15)19-14-32-21-20(19)26-24(27-23(21)30)28-9-7-16(8-10-28)22(29)25-13-18-6-3-11-31-18/h2-6,11-12,14,16H,7-10,13H2,1H3,(H,25,29)(H,26,27,30). The molecule has 1 amide bonds. The van der Waals surface area contributed by atoms with Gasteiger partial charge in [-0.3, -0.25) is 14.6 Å². The van der Waals surface area contributed by atoms with Crippen LogP contribution < -0.4 is 15.8 Å². The first kappa shape index (κ1) is 20.5. The van der Waals surface area contributed by atoms with Gasteiger partial charge < -0.3 is 14.6 Å². The Balaban J connectivity index is 1.32. The zero-order chi connectivity index (χ0) is 22.1. The van der Waals surface area contributed by atoms with Crippen molar-refractivity contribution in [2.24, 2.45) is 5.92 Å². The molecule has 0 saturated carbocycles. The highest BCUT2D eigenvalue weighted by Crippen LogP contribution is 2.32. The molecule has 0 atom stereocenters. The third-order valence-electron chi connectivity index (χ3n) is 5.93. The highest BCUT2D eigenvalue weighted by Gasteiger charge is 2.26. The summed E-state index contributed by atoms with van der Waals surface area (Å²) in [4.78, 5) is 35.1. The number of H-pyrrole nitrogens is 1. The number of fused-ring (bicyclic) bond motifs is 1. The lowest BCUT2D eigenvalue weighted by Gasteiger charge is -2.31. The summed E-state index contributed by atoms with van der Waals surface area (Å²) in [6, 6.07) is 11.9. The van der Waals surface area contributed by atoms with Crippen LogP contribution in [0.2, 0.25) is 0 Å². The average Bonchev–Trinajstić information content (AvgIpc) is 3.48. The summed E-state index contributed by atoms with van der Waals surface area (Å²) in [6.45, 7) is 3.78. The Hall–Kier alpha value is -3.39.